The van der Waals surface area contributed by atoms with Gasteiger partial charge in [-0.25, -0.2) is 9.78 Å². The lowest BCUT2D eigenvalue weighted by Gasteiger charge is -2.32. The minimum atomic E-state index is -1.04. The van der Waals surface area contributed by atoms with Crippen molar-refractivity contribution in [2.24, 2.45) is 11.8 Å². The third kappa shape index (κ3) is 3.16. The number of aromatic nitrogens is 1. The SMILES string of the molecule is CC1CCC(Oc2ncc(C(=O)O)cc2N)CC1C. The van der Waals surface area contributed by atoms with Gasteiger partial charge in [0, 0.05) is 6.20 Å². The Balaban J connectivity index is 2.05. The van der Waals surface area contributed by atoms with Gasteiger partial charge in [-0.2, -0.15) is 0 Å². The number of pyridine rings is 1. The van der Waals surface area contributed by atoms with Gasteiger partial charge in [0.25, 0.3) is 0 Å². The lowest BCUT2D eigenvalue weighted by Crippen LogP contribution is -2.29. The number of carboxylic acid groups (broad SMARTS) is 1. The van der Waals surface area contributed by atoms with E-state index in [4.69, 9.17) is 15.6 Å². The van der Waals surface area contributed by atoms with Crippen LogP contribution < -0.4 is 10.5 Å². The number of nitrogen functional groups attached to an aromatic ring is 1. The Morgan fingerprint density at radius 3 is 2.74 bits per heavy atom. The molecule has 3 unspecified atom stereocenters. The van der Waals surface area contributed by atoms with Crippen LogP contribution in [0.2, 0.25) is 0 Å². The molecule has 0 saturated heterocycles. The molecule has 1 aromatic rings. The van der Waals surface area contributed by atoms with Gasteiger partial charge >= 0.3 is 5.97 Å². The zero-order chi connectivity index (χ0) is 14.0. The maximum Gasteiger partial charge on any atom is 0.337 e. The van der Waals surface area contributed by atoms with Crippen LogP contribution in [0.15, 0.2) is 12.3 Å². The molecule has 3 atom stereocenters. The van der Waals surface area contributed by atoms with E-state index >= 15 is 0 Å². The van der Waals surface area contributed by atoms with Gasteiger partial charge in [0.2, 0.25) is 5.88 Å². The smallest absolute Gasteiger partial charge is 0.337 e. The van der Waals surface area contributed by atoms with Crippen LogP contribution in [-0.2, 0) is 0 Å². The quantitative estimate of drug-likeness (QED) is 0.876. The van der Waals surface area contributed by atoms with E-state index < -0.39 is 5.97 Å². The summed E-state index contributed by atoms with van der Waals surface area (Å²) in [4.78, 5) is 14.8. The normalized spacial score (nSPS) is 26.9. The first-order valence-corrected chi connectivity index (χ1v) is 6.63. The molecule has 0 aliphatic heterocycles. The molecule has 5 nitrogen and oxygen atoms in total. The van der Waals surface area contributed by atoms with Crippen LogP contribution in [0.4, 0.5) is 5.69 Å². The average Bonchev–Trinajstić information content (AvgIpc) is 2.36. The van der Waals surface area contributed by atoms with Crippen molar-refractivity contribution < 1.29 is 14.6 Å². The van der Waals surface area contributed by atoms with Gasteiger partial charge in [-0.1, -0.05) is 13.8 Å². The number of nitrogens with zero attached hydrogens (tertiary/aromatic N) is 1. The second-order valence-corrected chi connectivity index (χ2v) is 5.43. The van der Waals surface area contributed by atoms with Gasteiger partial charge in [-0.3, -0.25) is 0 Å². The van der Waals surface area contributed by atoms with Crippen LogP contribution in [0.1, 0.15) is 43.5 Å². The van der Waals surface area contributed by atoms with Crippen LogP contribution in [-0.4, -0.2) is 22.2 Å². The van der Waals surface area contributed by atoms with E-state index in [-0.39, 0.29) is 17.4 Å². The Morgan fingerprint density at radius 2 is 2.16 bits per heavy atom. The molecule has 3 N–H and O–H groups in total. The fraction of sp³-hybridized carbons (Fsp3) is 0.571. The van der Waals surface area contributed by atoms with E-state index in [0.29, 0.717) is 11.8 Å². The summed E-state index contributed by atoms with van der Waals surface area (Å²) >= 11 is 0. The molecule has 0 bridgehead atoms. The number of anilines is 1. The lowest BCUT2D eigenvalue weighted by molar-refractivity contribution is 0.0696. The molecule has 2 rings (SSSR count). The summed E-state index contributed by atoms with van der Waals surface area (Å²) in [7, 11) is 0. The highest BCUT2D eigenvalue weighted by molar-refractivity contribution is 5.88. The second-order valence-electron chi connectivity index (χ2n) is 5.43. The molecule has 1 aromatic heterocycles. The van der Waals surface area contributed by atoms with Gasteiger partial charge < -0.3 is 15.6 Å². The highest BCUT2D eigenvalue weighted by Gasteiger charge is 2.26. The average molecular weight is 264 g/mol. The van der Waals surface area contributed by atoms with E-state index in [1.807, 2.05) is 0 Å². The van der Waals surface area contributed by atoms with Crippen molar-refractivity contribution in [3.63, 3.8) is 0 Å². The molecule has 1 aliphatic carbocycles. The predicted octanol–water partition coefficient (Wildman–Crippen LogP) is 2.57. The molecule has 0 spiro atoms. The topological polar surface area (TPSA) is 85.4 Å². The second kappa shape index (κ2) is 5.47. The minimum absolute atomic E-state index is 0.0792. The monoisotopic (exact) mass is 264 g/mol. The summed E-state index contributed by atoms with van der Waals surface area (Å²) in [6.45, 7) is 4.49. The molecule has 1 aliphatic rings. The Bertz CT molecular complexity index is 476. The first-order valence-electron chi connectivity index (χ1n) is 6.63. The Morgan fingerprint density at radius 1 is 1.42 bits per heavy atom. The number of aromatic carboxylic acids is 1. The molecule has 0 amide bonds. The summed E-state index contributed by atoms with van der Waals surface area (Å²) < 4.78 is 5.81. The third-order valence-corrected chi connectivity index (χ3v) is 3.95. The first-order chi connectivity index (χ1) is 8.97. The van der Waals surface area contributed by atoms with Crippen LogP contribution in [0.25, 0.3) is 0 Å². The number of ether oxygens (including phenoxy) is 1. The van der Waals surface area contributed by atoms with Crippen molar-refractivity contribution >= 4 is 11.7 Å². The summed E-state index contributed by atoms with van der Waals surface area (Å²) in [6, 6.07) is 1.39. The number of carbonyl (C=O) groups is 1. The molecular weight excluding hydrogens is 244 g/mol. The maximum atomic E-state index is 10.8. The molecule has 19 heavy (non-hydrogen) atoms. The largest absolute Gasteiger partial charge is 0.478 e. The van der Waals surface area contributed by atoms with Crippen LogP contribution >= 0.6 is 0 Å². The molecule has 104 valence electrons. The van der Waals surface area contributed by atoms with Gasteiger partial charge in [-0.05, 0) is 37.2 Å². The van der Waals surface area contributed by atoms with Crippen molar-refractivity contribution in [3.05, 3.63) is 17.8 Å². The fourth-order valence-corrected chi connectivity index (χ4v) is 2.45. The minimum Gasteiger partial charge on any atom is -0.478 e. The Labute approximate surface area is 112 Å². The van der Waals surface area contributed by atoms with E-state index in [9.17, 15) is 4.79 Å². The predicted molar refractivity (Wildman–Crippen MR) is 72.2 cm³/mol. The van der Waals surface area contributed by atoms with Crippen molar-refractivity contribution in [1.82, 2.24) is 4.98 Å². The lowest BCUT2D eigenvalue weighted by atomic mass is 9.80. The summed E-state index contributed by atoms with van der Waals surface area (Å²) in [5.41, 5.74) is 6.15. The molecule has 0 aromatic carbocycles. The van der Waals surface area contributed by atoms with E-state index in [2.05, 4.69) is 18.8 Å². The van der Waals surface area contributed by atoms with E-state index in [0.717, 1.165) is 25.2 Å². The van der Waals surface area contributed by atoms with E-state index in [1.54, 1.807) is 0 Å². The number of rotatable bonds is 3. The number of carboxylic acids is 1. The maximum absolute atomic E-state index is 10.8. The summed E-state index contributed by atoms with van der Waals surface area (Å²) in [6.07, 6.45) is 4.52. The third-order valence-electron chi connectivity index (χ3n) is 3.95. The molecule has 0 radical (unpaired) electrons. The van der Waals surface area contributed by atoms with Gasteiger partial charge in [0.05, 0.1) is 11.3 Å². The molecule has 1 heterocycles. The van der Waals surface area contributed by atoms with Crippen molar-refractivity contribution in [2.45, 2.75) is 39.2 Å². The standard InChI is InChI=1S/C14H20N2O3/c1-8-3-4-11(5-9(8)2)19-13-12(15)6-10(7-16-13)14(17)18/h6-9,11H,3-5,15H2,1-2H3,(H,17,18). The zero-order valence-electron chi connectivity index (χ0n) is 11.3. The highest BCUT2D eigenvalue weighted by atomic mass is 16.5. The summed E-state index contributed by atoms with van der Waals surface area (Å²) in [5, 5.41) is 8.85. The first kappa shape index (κ1) is 13.6. The van der Waals surface area contributed by atoms with Crippen LogP contribution in [0.5, 0.6) is 5.88 Å². The number of nitrogens with two attached hydrogens (primary N) is 1. The number of hydrogen-bond donors (Lipinski definition) is 2. The fourth-order valence-electron chi connectivity index (χ4n) is 2.45. The zero-order valence-corrected chi connectivity index (χ0v) is 11.3. The molecule has 1 saturated carbocycles. The highest BCUT2D eigenvalue weighted by Crippen LogP contribution is 2.32. The molecule has 1 fully saturated rings. The molecule has 5 heteroatoms. The summed E-state index contributed by atoms with van der Waals surface area (Å²) in [5.74, 6) is 0.653. The van der Waals surface area contributed by atoms with Crippen molar-refractivity contribution in [3.8, 4) is 5.88 Å². The molecular formula is C14H20N2O3. The van der Waals surface area contributed by atoms with Crippen LogP contribution in [0.3, 0.4) is 0 Å². The Kier molecular flexibility index (Phi) is 3.93. The van der Waals surface area contributed by atoms with E-state index in [1.165, 1.54) is 12.3 Å². The van der Waals surface area contributed by atoms with Crippen molar-refractivity contribution in [1.29, 1.82) is 0 Å². The number of hydrogen-bond acceptors (Lipinski definition) is 4. The van der Waals surface area contributed by atoms with Crippen molar-refractivity contribution in [2.75, 3.05) is 5.73 Å². The van der Waals surface area contributed by atoms with Gasteiger partial charge in [0.1, 0.15) is 6.10 Å². The van der Waals surface area contributed by atoms with Gasteiger partial charge in [-0.15, -0.1) is 0 Å². The van der Waals surface area contributed by atoms with Crippen LogP contribution in [0, 0.1) is 11.8 Å². The Hall–Kier alpha value is -1.78. The van der Waals surface area contributed by atoms with Gasteiger partial charge in [0.15, 0.2) is 0 Å².